The first kappa shape index (κ1) is 15.4. The number of carbonyl (C=O) groups is 1. The van der Waals surface area contributed by atoms with E-state index >= 15 is 0 Å². The molecule has 1 aliphatic carbocycles. The minimum atomic E-state index is 0.0223. The molecule has 2 atom stereocenters. The third-order valence-electron chi connectivity index (χ3n) is 3.79. The summed E-state index contributed by atoms with van der Waals surface area (Å²) in [4.78, 5) is 14.4. The molecule has 18 heavy (non-hydrogen) atoms. The van der Waals surface area contributed by atoms with Crippen molar-refractivity contribution in [1.82, 2.24) is 4.90 Å². The molecular formula is C14H28N2O2. The van der Waals surface area contributed by atoms with Gasteiger partial charge < -0.3 is 15.4 Å². The maximum absolute atomic E-state index is 12.5. The number of ether oxygens (including phenoxy) is 1. The van der Waals surface area contributed by atoms with Gasteiger partial charge in [-0.3, -0.25) is 4.79 Å². The first-order chi connectivity index (χ1) is 8.70. The van der Waals surface area contributed by atoms with Gasteiger partial charge in [-0.05, 0) is 26.7 Å². The quantitative estimate of drug-likeness (QED) is 0.582. The van der Waals surface area contributed by atoms with Crippen LogP contribution in [0.25, 0.3) is 0 Å². The van der Waals surface area contributed by atoms with Crippen LogP contribution in [0, 0.1) is 5.92 Å². The van der Waals surface area contributed by atoms with Crippen molar-refractivity contribution in [3.05, 3.63) is 0 Å². The first-order valence-corrected chi connectivity index (χ1v) is 7.32. The average Bonchev–Trinajstić information content (AvgIpc) is 2.59. The van der Waals surface area contributed by atoms with Gasteiger partial charge in [0.05, 0.1) is 12.5 Å². The summed E-state index contributed by atoms with van der Waals surface area (Å²) in [6.45, 7) is 6.75. The summed E-state index contributed by atoms with van der Waals surface area (Å²) in [5, 5.41) is 0. The van der Waals surface area contributed by atoms with Crippen LogP contribution in [-0.4, -0.2) is 43.2 Å². The van der Waals surface area contributed by atoms with E-state index in [2.05, 4.69) is 0 Å². The Labute approximate surface area is 111 Å². The van der Waals surface area contributed by atoms with Gasteiger partial charge in [-0.2, -0.15) is 0 Å². The van der Waals surface area contributed by atoms with Crippen LogP contribution >= 0.6 is 0 Å². The molecule has 106 valence electrons. The lowest BCUT2D eigenvalue weighted by atomic mass is 9.94. The molecule has 1 fully saturated rings. The van der Waals surface area contributed by atoms with Gasteiger partial charge in [0.25, 0.3) is 0 Å². The van der Waals surface area contributed by atoms with Crippen LogP contribution in [0.4, 0.5) is 0 Å². The predicted molar refractivity (Wildman–Crippen MR) is 73.3 cm³/mol. The number of hydrogen-bond acceptors (Lipinski definition) is 3. The van der Waals surface area contributed by atoms with Crippen molar-refractivity contribution < 1.29 is 9.53 Å². The van der Waals surface area contributed by atoms with E-state index in [1.165, 1.54) is 6.42 Å². The highest BCUT2D eigenvalue weighted by Gasteiger charge is 2.29. The molecule has 0 aromatic heterocycles. The van der Waals surface area contributed by atoms with E-state index in [1.807, 2.05) is 18.7 Å². The van der Waals surface area contributed by atoms with Gasteiger partial charge in [0.1, 0.15) is 0 Å². The molecule has 4 nitrogen and oxygen atoms in total. The minimum absolute atomic E-state index is 0.0223. The number of nitrogens with zero attached hydrogens (tertiary/aromatic N) is 1. The van der Waals surface area contributed by atoms with Crippen molar-refractivity contribution in [2.24, 2.45) is 11.7 Å². The monoisotopic (exact) mass is 256 g/mol. The normalized spacial score (nSPS) is 24.6. The largest absolute Gasteiger partial charge is 0.380 e. The topological polar surface area (TPSA) is 55.6 Å². The van der Waals surface area contributed by atoms with Crippen molar-refractivity contribution in [1.29, 1.82) is 0 Å². The van der Waals surface area contributed by atoms with Crippen LogP contribution in [0.2, 0.25) is 0 Å². The van der Waals surface area contributed by atoms with Crippen LogP contribution in [0.15, 0.2) is 0 Å². The zero-order valence-electron chi connectivity index (χ0n) is 11.9. The number of rotatable bonds is 6. The van der Waals surface area contributed by atoms with Crippen molar-refractivity contribution in [3.63, 3.8) is 0 Å². The molecule has 0 bridgehead atoms. The number of hydrogen-bond donors (Lipinski definition) is 1. The highest BCUT2D eigenvalue weighted by Crippen LogP contribution is 2.24. The van der Waals surface area contributed by atoms with Gasteiger partial charge in [-0.15, -0.1) is 0 Å². The van der Waals surface area contributed by atoms with Gasteiger partial charge in [-0.1, -0.05) is 19.3 Å². The van der Waals surface area contributed by atoms with Gasteiger partial charge in [0.2, 0.25) is 5.91 Å². The summed E-state index contributed by atoms with van der Waals surface area (Å²) in [5.41, 5.74) is 6.15. The second kappa shape index (κ2) is 8.48. The maximum atomic E-state index is 12.5. The van der Waals surface area contributed by atoms with E-state index in [-0.39, 0.29) is 17.9 Å². The van der Waals surface area contributed by atoms with E-state index < -0.39 is 0 Å². The Morgan fingerprint density at radius 2 is 2.00 bits per heavy atom. The summed E-state index contributed by atoms with van der Waals surface area (Å²) >= 11 is 0. The van der Waals surface area contributed by atoms with E-state index in [0.29, 0.717) is 19.8 Å². The lowest BCUT2D eigenvalue weighted by Crippen LogP contribution is -2.44. The number of likely N-dealkylation sites (N-methyl/N-ethyl adjacent to an activating group) is 1. The van der Waals surface area contributed by atoms with Crippen LogP contribution in [0.5, 0.6) is 0 Å². The fourth-order valence-electron chi connectivity index (χ4n) is 2.62. The van der Waals surface area contributed by atoms with Gasteiger partial charge in [0, 0.05) is 25.7 Å². The second-order valence-corrected chi connectivity index (χ2v) is 5.02. The fraction of sp³-hybridized carbons (Fsp3) is 0.929. The number of carbonyl (C=O) groups excluding carboxylic acids is 1. The van der Waals surface area contributed by atoms with Crippen LogP contribution < -0.4 is 5.73 Å². The van der Waals surface area contributed by atoms with Crippen molar-refractivity contribution in [3.8, 4) is 0 Å². The number of nitrogens with two attached hydrogens (primary N) is 1. The summed E-state index contributed by atoms with van der Waals surface area (Å²) in [6.07, 6.45) is 5.44. The van der Waals surface area contributed by atoms with Gasteiger partial charge in [0.15, 0.2) is 0 Å². The Hall–Kier alpha value is -0.610. The molecular weight excluding hydrogens is 228 g/mol. The highest BCUT2D eigenvalue weighted by atomic mass is 16.5. The molecule has 1 saturated carbocycles. The predicted octanol–water partition coefficient (Wildman–Crippen LogP) is 1.78. The van der Waals surface area contributed by atoms with E-state index in [9.17, 15) is 4.79 Å². The molecule has 0 aromatic rings. The Morgan fingerprint density at radius 3 is 2.67 bits per heavy atom. The van der Waals surface area contributed by atoms with Gasteiger partial charge in [-0.25, -0.2) is 0 Å². The lowest BCUT2D eigenvalue weighted by Gasteiger charge is -2.28. The van der Waals surface area contributed by atoms with E-state index in [4.69, 9.17) is 10.5 Å². The first-order valence-electron chi connectivity index (χ1n) is 7.32. The molecule has 0 spiro atoms. The Morgan fingerprint density at radius 1 is 1.28 bits per heavy atom. The summed E-state index contributed by atoms with van der Waals surface area (Å²) in [6, 6.07) is 0.0427. The molecule has 1 rings (SSSR count). The Balaban J connectivity index is 2.52. The second-order valence-electron chi connectivity index (χ2n) is 5.02. The molecule has 2 N–H and O–H groups in total. The van der Waals surface area contributed by atoms with Crippen molar-refractivity contribution >= 4 is 5.91 Å². The Kier molecular flexibility index (Phi) is 7.28. The fourth-order valence-corrected chi connectivity index (χ4v) is 2.62. The molecule has 0 saturated heterocycles. The summed E-state index contributed by atoms with van der Waals surface area (Å²) in [7, 11) is 0. The Bertz CT molecular complexity index is 246. The molecule has 4 heteroatoms. The molecule has 0 aliphatic heterocycles. The maximum Gasteiger partial charge on any atom is 0.227 e. The van der Waals surface area contributed by atoms with Crippen LogP contribution in [-0.2, 0) is 9.53 Å². The van der Waals surface area contributed by atoms with E-state index in [0.717, 1.165) is 32.2 Å². The average molecular weight is 256 g/mol. The van der Waals surface area contributed by atoms with Crippen LogP contribution in [0.3, 0.4) is 0 Å². The van der Waals surface area contributed by atoms with Gasteiger partial charge >= 0.3 is 0 Å². The minimum Gasteiger partial charge on any atom is -0.380 e. The SMILES string of the molecule is CCOCCN(CC)C(=O)[C@@H]1CCCCC[C@H]1N. The molecule has 0 radical (unpaired) electrons. The highest BCUT2D eigenvalue weighted by molar-refractivity contribution is 5.79. The standard InChI is InChI=1S/C14H28N2O2/c1-3-16(10-11-18-4-2)14(17)12-8-6-5-7-9-13(12)15/h12-13H,3-11,15H2,1-2H3/t12-,13-/m1/s1. The zero-order valence-corrected chi connectivity index (χ0v) is 11.9. The molecule has 0 aromatic carbocycles. The summed E-state index contributed by atoms with van der Waals surface area (Å²) < 4.78 is 5.33. The van der Waals surface area contributed by atoms with Crippen LogP contribution in [0.1, 0.15) is 46.0 Å². The number of amides is 1. The molecule has 0 heterocycles. The zero-order chi connectivity index (χ0) is 13.4. The molecule has 1 amide bonds. The van der Waals surface area contributed by atoms with E-state index in [1.54, 1.807) is 0 Å². The molecule has 0 unspecified atom stereocenters. The third-order valence-corrected chi connectivity index (χ3v) is 3.79. The lowest BCUT2D eigenvalue weighted by molar-refractivity contribution is -0.137. The van der Waals surface area contributed by atoms with Crippen molar-refractivity contribution in [2.75, 3.05) is 26.3 Å². The van der Waals surface area contributed by atoms with Crippen molar-refractivity contribution in [2.45, 2.75) is 52.0 Å². The molecule has 1 aliphatic rings. The summed E-state index contributed by atoms with van der Waals surface area (Å²) in [5.74, 6) is 0.251. The third kappa shape index (κ3) is 4.58. The smallest absolute Gasteiger partial charge is 0.227 e.